The minimum absolute atomic E-state index is 0.134. The normalized spacial score (nSPS) is 15.0. The number of rotatable bonds is 5. The highest BCUT2D eigenvalue weighted by Crippen LogP contribution is 2.44. The smallest absolute Gasteiger partial charge is 0.359 e. The maximum absolute atomic E-state index is 13.1. The first-order chi connectivity index (χ1) is 11.7. The second-order valence-corrected chi connectivity index (χ2v) is 7.11. The molecule has 0 amide bonds. The van der Waals surface area contributed by atoms with Gasteiger partial charge in [0.2, 0.25) is 5.78 Å². The first-order valence-electron chi connectivity index (χ1n) is 7.90. The molecule has 0 saturated heterocycles. The van der Waals surface area contributed by atoms with Crippen molar-refractivity contribution < 1.29 is 22.5 Å². The second-order valence-electron chi connectivity index (χ2n) is 6.32. The lowest BCUT2D eigenvalue weighted by Crippen LogP contribution is -2.15. The fraction of sp³-hybridized carbons (Fsp3) is 0.471. The predicted octanol–water partition coefficient (Wildman–Crippen LogP) is 5.04. The van der Waals surface area contributed by atoms with Gasteiger partial charge in [-0.05, 0) is 37.1 Å². The van der Waals surface area contributed by atoms with Crippen LogP contribution in [0.3, 0.4) is 0 Å². The van der Waals surface area contributed by atoms with Crippen LogP contribution in [0.1, 0.15) is 71.6 Å². The molecule has 0 bridgehead atoms. The van der Waals surface area contributed by atoms with Gasteiger partial charge in [0.25, 0.3) is 0 Å². The van der Waals surface area contributed by atoms with Crippen molar-refractivity contribution in [2.75, 3.05) is 6.26 Å². The van der Waals surface area contributed by atoms with Crippen LogP contribution in [-0.2, 0) is 6.18 Å². The average Bonchev–Trinajstić information content (AvgIpc) is 3.31. The van der Waals surface area contributed by atoms with Crippen molar-refractivity contribution in [2.45, 2.75) is 49.7 Å². The molecule has 4 nitrogen and oxygen atoms in total. The molecule has 2 aromatic rings. The van der Waals surface area contributed by atoms with Crippen LogP contribution >= 0.6 is 11.8 Å². The zero-order valence-electron chi connectivity index (χ0n) is 14.0. The Morgan fingerprint density at radius 2 is 2.00 bits per heavy atom. The molecule has 1 aliphatic rings. The number of ketones is 1. The van der Waals surface area contributed by atoms with E-state index in [1.54, 1.807) is 20.1 Å². The number of alkyl halides is 3. The number of thioether (sulfide) groups is 1. The summed E-state index contributed by atoms with van der Waals surface area (Å²) in [5.41, 5.74) is -0.331. The average molecular weight is 370 g/mol. The van der Waals surface area contributed by atoms with Crippen LogP contribution in [0.4, 0.5) is 13.2 Å². The predicted molar refractivity (Wildman–Crippen MR) is 87.0 cm³/mol. The lowest BCUT2D eigenvalue weighted by atomic mass is 9.95. The Morgan fingerprint density at radius 3 is 2.52 bits per heavy atom. The lowest BCUT2D eigenvalue weighted by Gasteiger charge is -2.14. The molecular formula is C17H17F3N2O2S. The van der Waals surface area contributed by atoms with Crippen LogP contribution in [0, 0.1) is 0 Å². The van der Waals surface area contributed by atoms with Crippen molar-refractivity contribution in [1.29, 1.82) is 0 Å². The van der Waals surface area contributed by atoms with Crippen molar-refractivity contribution in [2.24, 2.45) is 0 Å². The number of nitrogens with zero attached hydrogens (tertiary/aromatic N) is 2. The van der Waals surface area contributed by atoms with Gasteiger partial charge in [-0.15, -0.1) is 11.8 Å². The Balaban J connectivity index is 2.10. The molecule has 0 atom stereocenters. The molecule has 25 heavy (non-hydrogen) atoms. The minimum Gasteiger partial charge on any atom is -0.359 e. The van der Waals surface area contributed by atoms with Crippen molar-refractivity contribution in [1.82, 2.24) is 10.1 Å². The van der Waals surface area contributed by atoms with Gasteiger partial charge in [0.1, 0.15) is 5.69 Å². The van der Waals surface area contributed by atoms with Gasteiger partial charge >= 0.3 is 6.18 Å². The molecule has 1 saturated carbocycles. The summed E-state index contributed by atoms with van der Waals surface area (Å²) < 4.78 is 44.2. The van der Waals surface area contributed by atoms with E-state index in [9.17, 15) is 18.0 Å². The van der Waals surface area contributed by atoms with E-state index in [0.29, 0.717) is 16.3 Å². The summed E-state index contributed by atoms with van der Waals surface area (Å²) in [5, 5.41) is 4.40. The first-order valence-corrected chi connectivity index (χ1v) is 9.12. The van der Waals surface area contributed by atoms with Crippen molar-refractivity contribution in [3.63, 3.8) is 0 Å². The molecule has 3 rings (SSSR count). The Hall–Kier alpha value is -1.83. The van der Waals surface area contributed by atoms with Gasteiger partial charge < -0.3 is 4.52 Å². The van der Waals surface area contributed by atoms with Crippen LogP contribution in [0.2, 0.25) is 0 Å². The SMILES string of the molecule is CSc1noc(C2CC2)c1C(=O)c1ccc(C(F)(F)F)nc1C(C)C. The summed E-state index contributed by atoms with van der Waals surface area (Å²) in [6.45, 7) is 3.42. The van der Waals surface area contributed by atoms with Crippen molar-refractivity contribution >= 4 is 17.5 Å². The molecule has 2 aromatic heterocycles. The van der Waals surface area contributed by atoms with E-state index < -0.39 is 11.9 Å². The van der Waals surface area contributed by atoms with Crippen LogP contribution in [0.5, 0.6) is 0 Å². The van der Waals surface area contributed by atoms with Gasteiger partial charge in [0.05, 0.1) is 11.3 Å². The molecule has 2 heterocycles. The molecule has 1 fully saturated rings. The first kappa shape index (κ1) is 18.0. The highest BCUT2D eigenvalue weighted by atomic mass is 32.2. The Labute approximate surface area is 147 Å². The highest BCUT2D eigenvalue weighted by Gasteiger charge is 2.37. The molecule has 0 spiro atoms. The standard InChI is InChI=1S/C17H17F3N2O2S/c1-8(2)13-10(6-7-11(21-13)17(18,19)20)14(23)12-15(9-4-5-9)24-22-16(12)25-3/h6-9H,4-5H2,1-3H3. The number of hydrogen-bond acceptors (Lipinski definition) is 5. The van der Waals surface area contributed by atoms with E-state index in [2.05, 4.69) is 10.1 Å². The summed E-state index contributed by atoms with van der Waals surface area (Å²) in [6, 6.07) is 2.06. The van der Waals surface area contributed by atoms with E-state index >= 15 is 0 Å². The third kappa shape index (κ3) is 3.44. The summed E-state index contributed by atoms with van der Waals surface area (Å²) >= 11 is 1.28. The molecule has 0 unspecified atom stereocenters. The Morgan fingerprint density at radius 1 is 1.32 bits per heavy atom. The third-order valence-corrected chi connectivity index (χ3v) is 4.73. The van der Waals surface area contributed by atoms with E-state index in [1.165, 1.54) is 17.8 Å². The number of aromatic nitrogens is 2. The van der Waals surface area contributed by atoms with Gasteiger partial charge in [0.15, 0.2) is 10.8 Å². The number of hydrogen-bond donors (Lipinski definition) is 0. The van der Waals surface area contributed by atoms with E-state index in [-0.39, 0.29) is 28.9 Å². The van der Waals surface area contributed by atoms with Gasteiger partial charge in [-0.3, -0.25) is 4.79 Å². The Bertz CT molecular complexity index is 811. The summed E-state index contributed by atoms with van der Waals surface area (Å²) in [7, 11) is 0. The highest BCUT2D eigenvalue weighted by molar-refractivity contribution is 7.98. The summed E-state index contributed by atoms with van der Waals surface area (Å²) in [4.78, 5) is 16.8. The zero-order valence-corrected chi connectivity index (χ0v) is 14.8. The fourth-order valence-corrected chi connectivity index (χ4v) is 3.17. The minimum atomic E-state index is -4.55. The van der Waals surface area contributed by atoms with Gasteiger partial charge in [-0.2, -0.15) is 13.2 Å². The Kier molecular flexibility index (Phi) is 4.66. The van der Waals surface area contributed by atoms with Crippen molar-refractivity contribution in [3.8, 4) is 0 Å². The molecule has 0 aromatic carbocycles. The summed E-state index contributed by atoms with van der Waals surface area (Å²) in [5.74, 6) is -0.0122. The monoisotopic (exact) mass is 370 g/mol. The zero-order chi connectivity index (χ0) is 18.4. The van der Waals surface area contributed by atoms with Gasteiger partial charge in [-0.25, -0.2) is 4.98 Å². The van der Waals surface area contributed by atoms with E-state index in [0.717, 1.165) is 18.9 Å². The summed E-state index contributed by atoms with van der Waals surface area (Å²) in [6.07, 6.45) is -0.928. The van der Waals surface area contributed by atoms with Gasteiger partial charge in [-0.1, -0.05) is 19.0 Å². The van der Waals surface area contributed by atoms with Crippen molar-refractivity contribution in [3.05, 3.63) is 40.4 Å². The maximum atomic E-state index is 13.1. The molecule has 134 valence electrons. The topological polar surface area (TPSA) is 56.0 Å². The quantitative estimate of drug-likeness (QED) is 0.545. The number of halogens is 3. The molecule has 8 heteroatoms. The number of carbonyl (C=O) groups excluding carboxylic acids is 1. The number of pyridine rings is 1. The lowest BCUT2D eigenvalue weighted by molar-refractivity contribution is -0.141. The third-order valence-electron chi connectivity index (χ3n) is 4.06. The van der Waals surface area contributed by atoms with Gasteiger partial charge in [0, 0.05) is 11.5 Å². The largest absolute Gasteiger partial charge is 0.433 e. The second kappa shape index (κ2) is 6.48. The van der Waals surface area contributed by atoms with Crippen LogP contribution in [0.25, 0.3) is 0 Å². The number of carbonyl (C=O) groups is 1. The van der Waals surface area contributed by atoms with E-state index in [1.807, 2.05) is 0 Å². The van der Waals surface area contributed by atoms with Crippen LogP contribution in [0.15, 0.2) is 21.7 Å². The molecule has 1 aliphatic carbocycles. The molecule has 0 aliphatic heterocycles. The molecular weight excluding hydrogens is 353 g/mol. The fourth-order valence-electron chi connectivity index (χ4n) is 2.66. The van der Waals surface area contributed by atoms with Crippen LogP contribution in [-0.4, -0.2) is 22.2 Å². The maximum Gasteiger partial charge on any atom is 0.433 e. The van der Waals surface area contributed by atoms with Crippen LogP contribution < -0.4 is 0 Å². The molecule has 0 N–H and O–H groups in total. The molecule has 0 radical (unpaired) electrons. The van der Waals surface area contributed by atoms with E-state index in [4.69, 9.17) is 4.52 Å².